The van der Waals surface area contributed by atoms with Gasteiger partial charge in [-0.05, 0) is 55.1 Å². The smallest absolute Gasteiger partial charge is 0.398 e. The van der Waals surface area contributed by atoms with Crippen molar-refractivity contribution in [1.29, 1.82) is 0 Å². The molecule has 6 heteroatoms. The highest BCUT2D eigenvalue weighted by Gasteiger charge is 2.31. The Morgan fingerprint density at radius 3 is 2.48 bits per heavy atom. The number of hydrogen-bond donors (Lipinski definition) is 2. The molecular formula is C15H17F3N2S. The second-order valence-electron chi connectivity index (χ2n) is 4.92. The van der Waals surface area contributed by atoms with E-state index in [0.29, 0.717) is 6.42 Å². The molecule has 0 saturated heterocycles. The maximum Gasteiger partial charge on any atom is 0.416 e. The molecule has 2 rings (SSSR count). The van der Waals surface area contributed by atoms with E-state index >= 15 is 0 Å². The summed E-state index contributed by atoms with van der Waals surface area (Å²) in [5.74, 6) is 0. The Hall–Kier alpha value is -1.53. The molecule has 0 amide bonds. The SMILES string of the molecule is CN[C@H](Cc1ccc(C(F)(F)F)cc1N)c1sccc1C. The zero-order chi connectivity index (χ0) is 15.6. The van der Waals surface area contributed by atoms with Gasteiger partial charge in [0.05, 0.1) is 5.56 Å². The molecule has 2 aromatic rings. The van der Waals surface area contributed by atoms with Crippen molar-refractivity contribution in [3.05, 3.63) is 51.2 Å². The highest BCUT2D eigenvalue weighted by Crippen LogP contribution is 2.33. The number of benzene rings is 1. The van der Waals surface area contributed by atoms with Crippen molar-refractivity contribution in [1.82, 2.24) is 5.32 Å². The molecule has 1 aromatic heterocycles. The van der Waals surface area contributed by atoms with Crippen LogP contribution in [0, 0.1) is 6.92 Å². The summed E-state index contributed by atoms with van der Waals surface area (Å²) >= 11 is 1.63. The van der Waals surface area contributed by atoms with E-state index in [9.17, 15) is 13.2 Å². The quantitative estimate of drug-likeness (QED) is 0.832. The number of alkyl halides is 3. The van der Waals surface area contributed by atoms with Crippen LogP contribution in [-0.2, 0) is 12.6 Å². The van der Waals surface area contributed by atoms with Gasteiger partial charge in [0, 0.05) is 16.6 Å². The van der Waals surface area contributed by atoms with Gasteiger partial charge in [0.15, 0.2) is 0 Å². The van der Waals surface area contributed by atoms with E-state index in [0.717, 1.165) is 17.7 Å². The second-order valence-corrected chi connectivity index (χ2v) is 5.87. The first-order chi connectivity index (χ1) is 9.82. The molecule has 0 saturated carbocycles. The van der Waals surface area contributed by atoms with Crippen molar-refractivity contribution in [2.45, 2.75) is 25.6 Å². The summed E-state index contributed by atoms with van der Waals surface area (Å²) in [6.45, 7) is 2.02. The largest absolute Gasteiger partial charge is 0.416 e. The molecule has 3 N–H and O–H groups in total. The van der Waals surface area contributed by atoms with Gasteiger partial charge < -0.3 is 11.1 Å². The van der Waals surface area contributed by atoms with E-state index in [-0.39, 0.29) is 11.7 Å². The molecule has 1 atom stereocenters. The van der Waals surface area contributed by atoms with Crippen molar-refractivity contribution in [2.24, 2.45) is 0 Å². The average molecular weight is 314 g/mol. The number of likely N-dealkylation sites (N-methyl/N-ethyl adjacent to an activating group) is 1. The molecule has 0 aliphatic rings. The number of thiophene rings is 1. The van der Waals surface area contributed by atoms with Gasteiger partial charge in [-0.15, -0.1) is 11.3 Å². The highest BCUT2D eigenvalue weighted by atomic mass is 32.1. The number of anilines is 1. The Labute approximate surface area is 125 Å². The predicted octanol–water partition coefficient (Wildman–Crippen LogP) is 4.16. The second kappa shape index (κ2) is 6.07. The normalized spacial score (nSPS) is 13.4. The first-order valence-corrected chi connectivity index (χ1v) is 7.37. The van der Waals surface area contributed by atoms with Crippen LogP contribution >= 0.6 is 11.3 Å². The molecule has 0 spiro atoms. The van der Waals surface area contributed by atoms with E-state index in [1.165, 1.54) is 16.5 Å². The predicted molar refractivity (Wildman–Crippen MR) is 80.4 cm³/mol. The summed E-state index contributed by atoms with van der Waals surface area (Å²) in [4.78, 5) is 1.18. The summed E-state index contributed by atoms with van der Waals surface area (Å²) in [5, 5.41) is 5.20. The van der Waals surface area contributed by atoms with E-state index in [4.69, 9.17) is 5.73 Å². The molecule has 0 bridgehead atoms. The molecule has 0 aliphatic heterocycles. The Kier molecular flexibility index (Phi) is 4.58. The summed E-state index contributed by atoms with van der Waals surface area (Å²) in [6.07, 6.45) is -3.80. The van der Waals surface area contributed by atoms with E-state index < -0.39 is 11.7 Å². The van der Waals surface area contributed by atoms with Crippen molar-refractivity contribution >= 4 is 17.0 Å². The fraction of sp³-hybridized carbons (Fsp3) is 0.333. The molecule has 0 unspecified atom stereocenters. The van der Waals surface area contributed by atoms with Crippen LogP contribution in [0.5, 0.6) is 0 Å². The van der Waals surface area contributed by atoms with Gasteiger partial charge in [-0.1, -0.05) is 6.07 Å². The van der Waals surface area contributed by atoms with Crippen molar-refractivity contribution in [2.75, 3.05) is 12.8 Å². The van der Waals surface area contributed by atoms with Gasteiger partial charge in [0.2, 0.25) is 0 Å². The van der Waals surface area contributed by atoms with Gasteiger partial charge in [-0.3, -0.25) is 0 Å². The lowest BCUT2D eigenvalue weighted by Crippen LogP contribution is -2.19. The van der Waals surface area contributed by atoms with Crippen LogP contribution in [0.2, 0.25) is 0 Å². The fourth-order valence-electron chi connectivity index (χ4n) is 2.24. The molecule has 114 valence electrons. The van der Waals surface area contributed by atoms with Gasteiger partial charge >= 0.3 is 6.18 Å². The Morgan fingerprint density at radius 1 is 1.29 bits per heavy atom. The summed E-state index contributed by atoms with van der Waals surface area (Å²) < 4.78 is 37.9. The number of nitrogens with two attached hydrogens (primary N) is 1. The lowest BCUT2D eigenvalue weighted by Gasteiger charge is -2.18. The van der Waals surface area contributed by atoms with Crippen LogP contribution in [0.3, 0.4) is 0 Å². The Morgan fingerprint density at radius 2 is 2.00 bits per heavy atom. The number of nitrogens with one attached hydrogen (secondary N) is 1. The van der Waals surface area contributed by atoms with Crippen molar-refractivity contribution in [3.63, 3.8) is 0 Å². The molecular weight excluding hydrogens is 297 g/mol. The molecule has 1 heterocycles. The molecule has 0 fully saturated rings. The standard InChI is InChI=1S/C15H17F3N2S/c1-9-5-6-21-14(9)13(20-2)7-10-3-4-11(8-12(10)19)15(16,17)18/h3-6,8,13,20H,7,19H2,1-2H3/t13-/m1/s1. The first kappa shape index (κ1) is 15.9. The van der Waals surface area contributed by atoms with Crippen LogP contribution < -0.4 is 11.1 Å². The number of rotatable bonds is 4. The van der Waals surface area contributed by atoms with Crippen LogP contribution in [0.4, 0.5) is 18.9 Å². The highest BCUT2D eigenvalue weighted by molar-refractivity contribution is 7.10. The monoisotopic (exact) mass is 314 g/mol. The van der Waals surface area contributed by atoms with Crippen molar-refractivity contribution in [3.8, 4) is 0 Å². The zero-order valence-corrected chi connectivity index (χ0v) is 12.6. The maximum atomic E-state index is 12.6. The lowest BCUT2D eigenvalue weighted by molar-refractivity contribution is -0.137. The minimum Gasteiger partial charge on any atom is -0.398 e. The molecule has 1 aromatic carbocycles. The van der Waals surface area contributed by atoms with Gasteiger partial charge in [-0.2, -0.15) is 13.2 Å². The van der Waals surface area contributed by atoms with Gasteiger partial charge in [-0.25, -0.2) is 0 Å². The molecule has 21 heavy (non-hydrogen) atoms. The maximum absolute atomic E-state index is 12.6. The van der Waals surface area contributed by atoms with Gasteiger partial charge in [0.1, 0.15) is 0 Å². The summed E-state index contributed by atoms with van der Waals surface area (Å²) in [6, 6.07) is 5.62. The third kappa shape index (κ3) is 3.57. The van der Waals surface area contributed by atoms with E-state index in [1.54, 1.807) is 11.3 Å². The number of halogens is 3. The molecule has 2 nitrogen and oxygen atoms in total. The van der Waals surface area contributed by atoms with Crippen LogP contribution in [-0.4, -0.2) is 7.05 Å². The van der Waals surface area contributed by atoms with E-state index in [2.05, 4.69) is 5.32 Å². The molecule has 0 aliphatic carbocycles. The lowest BCUT2D eigenvalue weighted by atomic mass is 9.99. The molecule has 0 radical (unpaired) electrons. The van der Waals surface area contributed by atoms with Gasteiger partial charge in [0.25, 0.3) is 0 Å². The summed E-state index contributed by atoms with van der Waals surface area (Å²) in [5.41, 5.74) is 7.15. The Bertz CT molecular complexity index is 620. The fourth-order valence-corrected chi connectivity index (χ4v) is 3.28. The third-order valence-electron chi connectivity index (χ3n) is 3.46. The topological polar surface area (TPSA) is 38.0 Å². The summed E-state index contributed by atoms with van der Waals surface area (Å²) in [7, 11) is 1.84. The van der Waals surface area contributed by atoms with Crippen LogP contribution in [0.25, 0.3) is 0 Å². The van der Waals surface area contributed by atoms with E-state index in [1.807, 2.05) is 25.4 Å². The number of hydrogen-bond acceptors (Lipinski definition) is 3. The Balaban J connectivity index is 2.25. The minimum absolute atomic E-state index is 0.0454. The zero-order valence-electron chi connectivity index (χ0n) is 11.8. The third-order valence-corrected chi connectivity index (χ3v) is 4.60. The number of nitrogen functional groups attached to an aromatic ring is 1. The number of aryl methyl sites for hydroxylation is 1. The van der Waals surface area contributed by atoms with Crippen LogP contribution in [0.15, 0.2) is 29.6 Å². The van der Waals surface area contributed by atoms with Crippen molar-refractivity contribution < 1.29 is 13.2 Å². The first-order valence-electron chi connectivity index (χ1n) is 6.49. The van der Waals surface area contributed by atoms with Crippen LogP contribution in [0.1, 0.15) is 27.6 Å². The average Bonchev–Trinajstić information content (AvgIpc) is 2.82. The minimum atomic E-state index is -4.36.